The van der Waals surface area contributed by atoms with Crippen LogP contribution in [0.2, 0.25) is 0 Å². The average molecular weight is 390 g/mol. The highest BCUT2D eigenvalue weighted by molar-refractivity contribution is 7.99. The maximum absolute atomic E-state index is 14.8. The van der Waals surface area contributed by atoms with E-state index in [1.807, 2.05) is 30.3 Å². The fourth-order valence-electron chi connectivity index (χ4n) is 2.71. The molecule has 0 fully saturated rings. The third kappa shape index (κ3) is 3.77. The summed E-state index contributed by atoms with van der Waals surface area (Å²) in [4.78, 5) is 17.1. The molecule has 28 heavy (non-hydrogen) atoms. The van der Waals surface area contributed by atoms with Gasteiger partial charge in [-0.2, -0.15) is 0 Å². The fraction of sp³-hybridized carbons (Fsp3) is 0. The number of nitrogens with two attached hydrogens (primary N) is 2. The van der Waals surface area contributed by atoms with Crippen molar-refractivity contribution in [1.29, 1.82) is 0 Å². The molecule has 0 unspecified atom stereocenters. The number of nitrogens with zero attached hydrogens (tertiary/aromatic N) is 4. The molecule has 0 aliphatic carbocycles. The van der Waals surface area contributed by atoms with E-state index in [0.29, 0.717) is 22.0 Å². The van der Waals surface area contributed by atoms with Crippen LogP contribution in [0, 0.1) is 5.82 Å². The molecule has 4 aromatic rings. The Morgan fingerprint density at radius 2 is 1.61 bits per heavy atom. The highest BCUT2D eigenvalue weighted by Gasteiger charge is 2.12. The summed E-state index contributed by atoms with van der Waals surface area (Å²) >= 11 is 1.42. The first-order valence-electron chi connectivity index (χ1n) is 8.32. The maximum atomic E-state index is 14.8. The Morgan fingerprint density at radius 3 is 2.36 bits per heavy atom. The molecule has 4 rings (SSSR count). The number of aromatic nitrogens is 4. The number of hydrogen-bond acceptors (Lipinski definition) is 7. The molecule has 0 amide bonds. The summed E-state index contributed by atoms with van der Waals surface area (Å²) in [6.07, 6.45) is 6.14. The molecule has 0 spiro atoms. The van der Waals surface area contributed by atoms with Crippen LogP contribution in [0.25, 0.3) is 22.3 Å². The molecule has 138 valence electrons. The number of nitrogen functional groups attached to an aromatic ring is 2. The SMILES string of the molecule is Nc1cncc(Sc2ccccc2-c2ccc(-c3cnc(N)nc3)c(F)c2)n1. The molecule has 0 bridgehead atoms. The number of benzene rings is 2. The summed E-state index contributed by atoms with van der Waals surface area (Å²) in [5.41, 5.74) is 13.8. The lowest BCUT2D eigenvalue weighted by molar-refractivity contribution is 0.631. The van der Waals surface area contributed by atoms with E-state index in [4.69, 9.17) is 11.5 Å². The maximum Gasteiger partial charge on any atom is 0.219 e. The van der Waals surface area contributed by atoms with Gasteiger partial charge < -0.3 is 11.5 Å². The van der Waals surface area contributed by atoms with Gasteiger partial charge in [0.15, 0.2) is 0 Å². The first kappa shape index (κ1) is 17.9. The van der Waals surface area contributed by atoms with E-state index in [1.54, 1.807) is 12.3 Å². The molecular formula is C20H15FN6S. The van der Waals surface area contributed by atoms with E-state index in [1.165, 1.54) is 36.4 Å². The van der Waals surface area contributed by atoms with Crippen LogP contribution in [0.5, 0.6) is 0 Å². The monoisotopic (exact) mass is 390 g/mol. The summed E-state index contributed by atoms with van der Waals surface area (Å²) < 4.78 is 14.8. The molecule has 0 saturated carbocycles. The molecule has 0 radical (unpaired) electrons. The van der Waals surface area contributed by atoms with Crippen LogP contribution in [-0.2, 0) is 0 Å². The van der Waals surface area contributed by atoms with E-state index < -0.39 is 0 Å². The first-order chi connectivity index (χ1) is 13.6. The van der Waals surface area contributed by atoms with Gasteiger partial charge in [-0.3, -0.25) is 4.98 Å². The van der Waals surface area contributed by atoms with Crippen molar-refractivity contribution in [2.45, 2.75) is 9.92 Å². The summed E-state index contributed by atoms with van der Waals surface area (Å²) in [5.74, 6) is 0.134. The topological polar surface area (TPSA) is 104 Å². The van der Waals surface area contributed by atoms with Gasteiger partial charge >= 0.3 is 0 Å². The Morgan fingerprint density at radius 1 is 0.821 bits per heavy atom. The molecule has 2 aromatic heterocycles. The molecule has 2 aromatic carbocycles. The first-order valence-corrected chi connectivity index (χ1v) is 9.14. The van der Waals surface area contributed by atoms with Gasteiger partial charge in [0.1, 0.15) is 16.7 Å². The van der Waals surface area contributed by atoms with Crippen molar-refractivity contribution in [3.8, 4) is 22.3 Å². The van der Waals surface area contributed by atoms with Gasteiger partial charge in [0.05, 0.1) is 12.4 Å². The van der Waals surface area contributed by atoms with Crippen molar-refractivity contribution in [2.24, 2.45) is 0 Å². The molecule has 0 saturated heterocycles. The van der Waals surface area contributed by atoms with Crippen molar-refractivity contribution < 1.29 is 4.39 Å². The van der Waals surface area contributed by atoms with E-state index in [-0.39, 0.29) is 11.8 Å². The molecule has 2 heterocycles. The molecule has 8 heteroatoms. The molecular weight excluding hydrogens is 375 g/mol. The predicted molar refractivity (Wildman–Crippen MR) is 108 cm³/mol. The quantitative estimate of drug-likeness (QED) is 0.541. The highest BCUT2D eigenvalue weighted by atomic mass is 32.2. The summed E-state index contributed by atoms with van der Waals surface area (Å²) in [7, 11) is 0. The fourth-order valence-corrected chi connectivity index (χ4v) is 3.64. The van der Waals surface area contributed by atoms with Crippen LogP contribution < -0.4 is 11.5 Å². The lowest BCUT2D eigenvalue weighted by Crippen LogP contribution is -1.95. The van der Waals surface area contributed by atoms with Crippen LogP contribution in [0.3, 0.4) is 0 Å². The molecule has 0 aliphatic heterocycles. The number of hydrogen-bond donors (Lipinski definition) is 2. The van der Waals surface area contributed by atoms with Crippen LogP contribution in [0.4, 0.5) is 16.2 Å². The zero-order valence-corrected chi connectivity index (χ0v) is 15.4. The van der Waals surface area contributed by atoms with E-state index >= 15 is 0 Å². The number of anilines is 2. The minimum atomic E-state index is -0.366. The largest absolute Gasteiger partial charge is 0.382 e. The average Bonchev–Trinajstić information content (AvgIpc) is 2.69. The lowest BCUT2D eigenvalue weighted by atomic mass is 10.0. The van der Waals surface area contributed by atoms with Gasteiger partial charge in [-0.25, -0.2) is 19.3 Å². The Hall–Kier alpha value is -3.52. The Labute approximate surface area is 164 Å². The standard InChI is InChI=1S/C20H15FN6S/c21-16-7-12(5-6-14(16)13-8-25-20(23)26-9-13)15-3-1-2-4-17(15)28-19-11-24-10-18(22)27-19/h1-11H,(H2,22,27)(H2,23,25,26). The molecule has 0 aliphatic rings. The zero-order valence-electron chi connectivity index (χ0n) is 14.6. The molecule has 0 atom stereocenters. The Bertz CT molecular complexity index is 1130. The highest BCUT2D eigenvalue weighted by Crippen LogP contribution is 2.36. The second-order valence-electron chi connectivity index (χ2n) is 5.90. The van der Waals surface area contributed by atoms with Gasteiger partial charge in [0.2, 0.25) is 5.95 Å². The second-order valence-corrected chi connectivity index (χ2v) is 6.97. The number of rotatable bonds is 4. The van der Waals surface area contributed by atoms with Gasteiger partial charge in [0.25, 0.3) is 0 Å². The number of halogens is 1. The lowest BCUT2D eigenvalue weighted by Gasteiger charge is -2.11. The minimum Gasteiger partial charge on any atom is -0.382 e. The normalized spacial score (nSPS) is 10.8. The van der Waals surface area contributed by atoms with Crippen LogP contribution in [0.15, 0.2) is 77.2 Å². The van der Waals surface area contributed by atoms with Crippen LogP contribution in [0.1, 0.15) is 0 Å². The van der Waals surface area contributed by atoms with E-state index in [9.17, 15) is 4.39 Å². The van der Waals surface area contributed by atoms with Gasteiger partial charge in [-0.1, -0.05) is 42.1 Å². The molecule has 4 N–H and O–H groups in total. The van der Waals surface area contributed by atoms with Gasteiger partial charge in [-0.15, -0.1) is 0 Å². The second kappa shape index (κ2) is 7.61. The van der Waals surface area contributed by atoms with E-state index in [0.717, 1.165) is 16.0 Å². The molecule has 6 nitrogen and oxygen atoms in total. The smallest absolute Gasteiger partial charge is 0.219 e. The van der Waals surface area contributed by atoms with E-state index in [2.05, 4.69) is 19.9 Å². The summed E-state index contributed by atoms with van der Waals surface area (Å²) in [6.45, 7) is 0. The van der Waals surface area contributed by atoms with Crippen LogP contribution in [-0.4, -0.2) is 19.9 Å². The Kier molecular flexibility index (Phi) is 4.86. The van der Waals surface area contributed by atoms with Crippen molar-refractivity contribution in [3.63, 3.8) is 0 Å². The minimum absolute atomic E-state index is 0.149. The summed E-state index contributed by atoms with van der Waals surface area (Å²) in [6, 6.07) is 12.8. The predicted octanol–water partition coefficient (Wildman–Crippen LogP) is 4.06. The Balaban J connectivity index is 1.70. The summed E-state index contributed by atoms with van der Waals surface area (Å²) in [5, 5.41) is 0.670. The van der Waals surface area contributed by atoms with Gasteiger partial charge in [-0.05, 0) is 23.3 Å². The third-order valence-corrected chi connectivity index (χ3v) is 4.98. The van der Waals surface area contributed by atoms with Crippen molar-refractivity contribution in [2.75, 3.05) is 11.5 Å². The van der Waals surface area contributed by atoms with Crippen molar-refractivity contribution in [1.82, 2.24) is 19.9 Å². The van der Waals surface area contributed by atoms with Crippen LogP contribution >= 0.6 is 11.8 Å². The van der Waals surface area contributed by atoms with Crippen molar-refractivity contribution in [3.05, 3.63) is 73.1 Å². The van der Waals surface area contributed by atoms with Crippen molar-refractivity contribution >= 4 is 23.5 Å². The van der Waals surface area contributed by atoms with Gasteiger partial charge in [0, 0.05) is 28.4 Å². The zero-order chi connectivity index (χ0) is 19.5. The third-order valence-electron chi connectivity index (χ3n) is 4.00.